The number of rotatable bonds is 0. The molecular formula is C20H30O. The van der Waals surface area contributed by atoms with Gasteiger partial charge in [-0.05, 0) is 49.9 Å². The molecule has 1 aromatic carbocycles. The zero-order chi connectivity index (χ0) is 16.3. The average Bonchev–Trinajstić information content (AvgIpc) is 2.73. The molecule has 1 nitrogen and oxygen atoms in total. The zero-order valence-electron chi connectivity index (χ0n) is 15.4. The highest BCUT2D eigenvalue weighted by atomic mass is 16.3. The Morgan fingerprint density at radius 2 is 0.810 bits per heavy atom. The van der Waals surface area contributed by atoms with Crippen molar-refractivity contribution in [1.82, 2.24) is 0 Å². The Morgan fingerprint density at radius 3 is 1.05 bits per heavy atom. The summed E-state index contributed by atoms with van der Waals surface area (Å²) in [6.45, 7) is 22.4. The zero-order valence-corrected chi connectivity index (χ0v) is 15.4. The maximum Gasteiger partial charge on any atom is 0.117 e. The molecule has 0 spiro atoms. The van der Waals surface area contributed by atoms with Gasteiger partial charge in [-0.25, -0.2) is 0 Å². The van der Waals surface area contributed by atoms with Gasteiger partial charge in [0.1, 0.15) is 11.5 Å². The van der Waals surface area contributed by atoms with E-state index in [0.29, 0.717) is 0 Å². The summed E-state index contributed by atoms with van der Waals surface area (Å²) >= 11 is 0. The van der Waals surface area contributed by atoms with E-state index in [0.717, 1.165) is 11.5 Å². The Morgan fingerprint density at radius 1 is 0.524 bits per heavy atom. The van der Waals surface area contributed by atoms with Gasteiger partial charge >= 0.3 is 0 Å². The Bertz CT molecular complexity index is 640. The lowest BCUT2D eigenvalue weighted by atomic mass is 9.83. The third-order valence-electron chi connectivity index (χ3n) is 4.71. The van der Waals surface area contributed by atoms with Crippen molar-refractivity contribution < 1.29 is 4.42 Å². The first-order valence-electron chi connectivity index (χ1n) is 7.91. The SMILES string of the molecule is Cc1c(C)c(C)c2c(C(C)(C)C)oc(C(C)(C)C)c2c1C. The predicted octanol–water partition coefficient (Wildman–Crippen LogP) is 6.26. The van der Waals surface area contributed by atoms with E-state index in [4.69, 9.17) is 4.42 Å². The van der Waals surface area contributed by atoms with Gasteiger partial charge in [-0.3, -0.25) is 0 Å². The third-order valence-corrected chi connectivity index (χ3v) is 4.71. The Labute approximate surface area is 129 Å². The van der Waals surface area contributed by atoms with Crippen molar-refractivity contribution in [3.8, 4) is 0 Å². The fourth-order valence-corrected chi connectivity index (χ4v) is 3.14. The van der Waals surface area contributed by atoms with Gasteiger partial charge in [-0.1, -0.05) is 41.5 Å². The van der Waals surface area contributed by atoms with E-state index in [-0.39, 0.29) is 10.8 Å². The van der Waals surface area contributed by atoms with Crippen LogP contribution in [0.1, 0.15) is 75.3 Å². The minimum absolute atomic E-state index is 0.0145. The molecule has 0 amide bonds. The van der Waals surface area contributed by atoms with Crippen LogP contribution < -0.4 is 0 Å². The number of benzene rings is 1. The first-order valence-corrected chi connectivity index (χ1v) is 7.91. The number of furan rings is 1. The molecule has 21 heavy (non-hydrogen) atoms. The second-order valence-corrected chi connectivity index (χ2v) is 8.51. The van der Waals surface area contributed by atoms with Crippen molar-refractivity contribution >= 4 is 10.8 Å². The molecule has 0 fully saturated rings. The molecule has 0 saturated heterocycles. The van der Waals surface area contributed by atoms with Crippen LogP contribution in [-0.2, 0) is 10.8 Å². The van der Waals surface area contributed by atoms with E-state index >= 15 is 0 Å². The van der Waals surface area contributed by atoms with E-state index in [1.807, 2.05) is 0 Å². The second kappa shape index (κ2) is 4.63. The highest BCUT2D eigenvalue weighted by Crippen LogP contribution is 2.44. The number of fused-ring (bicyclic) bond motifs is 1. The topological polar surface area (TPSA) is 13.1 Å². The molecule has 2 aromatic rings. The quantitative estimate of drug-likeness (QED) is 0.557. The summed E-state index contributed by atoms with van der Waals surface area (Å²) in [5, 5.41) is 2.68. The number of hydrogen-bond acceptors (Lipinski definition) is 1. The Kier molecular flexibility index (Phi) is 3.56. The molecule has 116 valence electrons. The number of aryl methyl sites for hydroxylation is 2. The van der Waals surface area contributed by atoms with Crippen LogP contribution in [0.25, 0.3) is 10.8 Å². The average molecular weight is 286 g/mol. The van der Waals surface area contributed by atoms with Crippen LogP contribution in [0.4, 0.5) is 0 Å². The van der Waals surface area contributed by atoms with Crippen LogP contribution in [0.2, 0.25) is 0 Å². The summed E-state index contributed by atoms with van der Waals surface area (Å²) in [5.41, 5.74) is 5.56. The van der Waals surface area contributed by atoms with Crippen molar-refractivity contribution in [1.29, 1.82) is 0 Å². The maximum absolute atomic E-state index is 6.47. The van der Waals surface area contributed by atoms with E-state index in [1.54, 1.807) is 0 Å². The van der Waals surface area contributed by atoms with Gasteiger partial charge in [0.15, 0.2) is 0 Å². The highest BCUT2D eigenvalue weighted by molar-refractivity contribution is 5.95. The second-order valence-electron chi connectivity index (χ2n) is 8.51. The van der Waals surface area contributed by atoms with E-state index < -0.39 is 0 Å². The largest absolute Gasteiger partial charge is 0.464 e. The van der Waals surface area contributed by atoms with Crippen LogP contribution in [-0.4, -0.2) is 0 Å². The molecule has 0 radical (unpaired) electrons. The van der Waals surface area contributed by atoms with Gasteiger partial charge in [0.25, 0.3) is 0 Å². The fraction of sp³-hybridized carbons (Fsp3) is 0.600. The molecule has 1 heteroatoms. The fourth-order valence-electron chi connectivity index (χ4n) is 3.14. The van der Waals surface area contributed by atoms with Crippen LogP contribution >= 0.6 is 0 Å². The van der Waals surface area contributed by atoms with Crippen molar-refractivity contribution in [2.75, 3.05) is 0 Å². The lowest BCUT2D eigenvalue weighted by Crippen LogP contribution is -2.12. The van der Waals surface area contributed by atoms with Gasteiger partial charge in [0.2, 0.25) is 0 Å². The summed E-state index contributed by atoms with van der Waals surface area (Å²) in [4.78, 5) is 0. The molecule has 1 aromatic heterocycles. The maximum atomic E-state index is 6.47. The van der Waals surface area contributed by atoms with Gasteiger partial charge in [0, 0.05) is 21.6 Å². The first-order chi connectivity index (χ1) is 9.37. The molecule has 0 aliphatic heterocycles. The molecular weight excluding hydrogens is 256 g/mol. The predicted molar refractivity (Wildman–Crippen MR) is 92.6 cm³/mol. The van der Waals surface area contributed by atoms with Gasteiger partial charge in [0.05, 0.1) is 0 Å². The van der Waals surface area contributed by atoms with E-state index in [9.17, 15) is 0 Å². The number of hydrogen-bond donors (Lipinski definition) is 0. The summed E-state index contributed by atoms with van der Waals surface area (Å²) in [5.74, 6) is 2.26. The first kappa shape index (κ1) is 16.1. The van der Waals surface area contributed by atoms with Crippen LogP contribution in [0.3, 0.4) is 0 Å². The van der Waals surface area contributed by atoms with Gasteiger partial charge in [-0.15, -0.1) is 0 Å². The minimum Gasteiger partial charge on any atom is -0.464 e. The van der Waals surface area contributed by atoms with Gasteiger partial charge < -0.3 is 4.42 Å². The van der Waals surface area contributed by atoms with Crippen LogP contribution in [0.5, 0.6) is 0 Å². The lowest BCUT2D eigenvalue weighted by molar-refractivity contribution is 0.348. The van der Waals surface area contributed by atoms with Crippen molar-refractivity contribution in [3.05, 3.63) is 33.8 Å². The Hall–Kier alpha value is -1.24. The van der Waals surface area contributed by atoms with Crippen molar-refractivity contribution in [3.63, 3.8) is 0 Å². The summed E-state index contributed by atoms with van der Waals surface area (Å²) < 4.78 is 6.47. The summed E-state index contributed by atoms with van der Waals surface area (Å²) in [6, 6.07) is 0. The summed E-state index contributed by atoms with van der Waals surface area (Å²) in [6.07, 6.45) is 0. The molecule has 0 aliphatic rings. The molecule has 0 N–H and O–H groups in total. The van der Waals surface area contributed by atoms with Crippen LogP contribution in [0.15, 0.2) is 4.42 Å². The van der Waals surface area contributed by atoms with E-state index in [2.05, 4.69) is 69.2 Å². The molecule has 0 saturated carbocycles. The standard InChI is InChI=1S/C20H30O/c1-11-12(2)14(4)16-15(13(11)3)17(19(5,6)7)21-18(16)20(8,9)10/h1-10H3. The molecule has 2 rings (SSSR count). The van der Waals surface area contributed by atoms with Gasteiger partial charge in [-0.2, -0.15) is 0 Å². The Balaban J connectivity index is 3.11. The third kappa shape index (κ3) is 2.41. The molecule has 0 atom stereocenters. The lowest BCUT2D eigenvalue weighted by Gasteiger charge is -2.18. The monoisotopic (exact) mass is 286 g/mol. The molecule has 0 aliphatic carbocycles. The smallest absolute Gasteiger partial charge is 0.117 e. The van der Waals surface area contributed by atoms with E-state index in [1.165, 1.54) is 33.0 Å². The van der Waals surface area contributed by atoms with Crippen molar-refractivity contribution in [2.24, 2.45) is 0 Å². The molecule has 0 unspecified atom stereocenters. The van der Waals surface area contributed by atoms with Crippen molar-refractivity contribution in [2.45, 2.75) is 80.1 Å². The molecule has 0 bridgehead atoms. The minimum atomic E-state index is 0.0145. The van der Waals surface area contributed by atoms with Crippen LogP contribution in [0, 0.1) is 27.7 Å². The summed E-state index contributed by atoms with van der Waals surface area (Å²) in [7, 11) is 0. The normalized spacial score (nSPS) is 13.2. The highest BCUT2D eigenvalue weighted by Gasteiger charge is 2.31. The molecule has 1 heterocycles.